The van der Waals surface area contributed by atoms with Crippen molar-refractivity contribution in [3.63, 3.8) is 0 Å². The zero-order chi connectivity index (χ0) is 20.1. The van der Waals surface area contributed by atoms with Crippen LogP contribution < -0.4 is 11.5 Å². The number of carbonyl (C=O) groups is 1. The third-order valence-electron chi connectivity index (χ3n) is 4.69. The molecule has 7 heteroatoms. The van der Waals surface area contributed by atoms with Gasteiger partial charge in [0.05, 0.1) is 10.6 Å². The molecule has 1 aliphatic rings. The van der Waals surface area contributed by atoms with Gasteiger partial charge < -0.3 is 16.4 Å². The highest BCUT2D eigenvalue weighted by Crippen LogP contribution is 2.32. The van der Waals surface area contributed by atoms with Crippen LogP contribution in [0.3, 0.4) is 0 Å². The van der Waals surface area contributed by atoms with E-state index < -0.39 is 0 Å². The molecule has 0 aliphatic carbocycles. The third kappa shape index (κ3) is 4.04. The smallest absolute Gasteiger partial charge is 0.272 e. The van der Waals surface area contributed by atoms with Gasteiger partial charge in [-0.15, -0.1) is 11.3 Å². The molecule has 1 aromatic carbocycles. The summed E-state index contributed by atoms with van der Waals surface area (Å²) < 4.78 is 0. The zero-order valence-electron chi connectivity index (χ0n) is 15.6. The number of nitrogens with one attached hydrogen (secondary N) is 1. The summed E-state index contributed by atoms with van der Waals surface area (Å²) in [6, 6.07) is 11.7. The summed E-state index contributed by atoms with van der Waals surface area (Å²) in [7, 11) is 1.69. The van der Waals surface area contributed by atoms with E-state index in [2.05, 4.69) is 11.1 Å². The predicted octanol–water partition coefficient (Wildman–Crippen LogP) is 2.74. The number of aliphatic imine (C=N–C) groups is 1. The minimum atomic E-state index is -0.358. The van der Waals surface area contributed by atoms with Crippen molar-refractivity contribution in [1.29, 1.82) is 5.41 Å². The highest BCUT2D eigenvalue weighted by molar-refractivity contribution is 7.11. The van der Waals surface area contributed by atoms with E-state index in [1.165, 1.54) is 23.6 Å². The molecule has 0 saturated carbocycles. The van der Waals surface area contributed by atoms with Gasteiger partial charge in [-0.25, -0.2) is 0 Å². The van der Waals surface area contributed by atoms with Crippen LogP contribution in [0.25, 0.3) is 5.70 Å². The monoisotopic (exact) mass is 393 g/mol. The number of hydrogen-bond acceptors (Lipinski definition) is 6. The molecule has 6 nitrogen and oxygen atoms in total. The standard InChI is InChI=1S/C21H23N5OS/c1-25-11-15(10-22)17-13-26(12-14-5-2-3-6-16(14)17)21(27)19(24)9-18(23)20-7-4-8-28-20/h2-11,17,24H,12-13,22-23H2,1H3/b15-10?,18-9-,24-19?,25-11?. The number of carbonyl (C=O) groups excluding carboxylic acids is 1. The van der Waals surface area contributed by atoms with Crippen molar-refractivity contribution in [1.82, 2.24) is 4.90 Å². The van der Waals surface area contributed by atoms with Gasteiger partial charge in [0, 0.05) is 32.3 Å². The summed E-state index contributed by atoms with van der Waals surface area (Å²) in [4.78, 5) is 19.5. The van der Waals surface area contributed by atoms with Crippen LogP contribution in [0.5, 0.6) is 0 Å². The molecule has 1 atom stereocenters. The largest absolute Gasteiger partial charge is 0.404 e. The van der Waals surface area contributed by atoms with Gasteiger partial charge in [-0.1, -0.05) is 30.3 Å². The molecule has 0 spiro atoms. The van der Waals surface area contributed by atoms with E-state index >= 15 is 0 Å². The van der Waals surface area contributed by atoms with Crippen LogP contribution in [0, 0.1) is 5.41 Å². The molecular weight excluding hydrogens is 370 g/mol. The molecule has 144 valence electrons. The summed E-state index contributed by atoms with van der Waals surface area (Å²) >= 11 is 1.47. The Labute approximate surface area is 168 Å². The Kier molecular flexibility index (Phi) is 6.06. The van der Waals surface area contributed by atoms with Crippen LogP contribution >= 0.6 is 11.3 Å². The zero-order valence-corrected chi connectivity index (χ0v) is 16.4. The Morgan fingerprint density at radius 2 is 2.11 bits per heavy atom. The van der Waals surface area contributed by atoms with Crippen molar-refractivity contribution in [3.8, 4) is 0 Å². The average Bonchev–Trinajstić information content (AvgIpc) is 3.25. The molecule has 5 N–H and O–H groups in total. The van der Waals surface area contributed by atoms with Gasteiger partial charge in [0.25, 0.3) is 5.91 Å². The van der Waals surface area contributed by atoms with Crippen LogP contribution in [-0.2, 0) is 11.3 Å². The molecule has 0 radical (unpaired) electrons. The quantitative estimate of drug-likeness (QED) is 0.680. The number of amides is 1. The molecule has 2 aromatic rings. The molecule has 0 saturated heterocycles. The number of hydrogen-bond donors (Lipinski definition) is 3. The lowest BCUT2D eigenvalue weighted by Gasteiger charge is -2.35. The van der Waals surface area contributed by atoms with Crippen LogP contribution in [-0.4, -0.2) is 36.3 Å². The first-order chi connectivity index (χ1) is 13.5. The van der Waals surface area contributed by atoms with E-state index in [0.717, 1.165) is 21.6 Å². The Morgan fingerprint density at radius 1 is 1.32 bits per heavy atom. The van der Waals surface area contributed by atoms with Gasteiger partial charge >= 0.3 is 0 Å². The molecule has 1 amide bonds. The first-order valence-corrected chi connectivity index (χ1v) is 9.73. The topological polar surface area (TPSA) is 109 Å². The Bertz CT molecular complexity index is 959. The molecular formula is C21H23N5OS. The number of nitrogens with two attached hydrogens (primary N) is 2. The van der Waals surface area contributed by atoms with Gasteiger partial charge in [-0.2, -0.15) is 0 Å². The first-order valence-electron chi connectivity index (χ1n) is 8.85. The Morgan fingerprint density at radius 3 is 2.79 bits per heavy atom. The van der Waals surface area contributed by atoms with Gasteiger partial charge in [-0.3, -0.25) is 15.2 Å². The molecule has 0 bridgehead atoms. The molecule has 28 heavy (non-hydrogen) atoms. The summed E-state index contributed by atoms with van der Waals surface area (Å²) in [5, 5.41) is 10.1. The second-order valence-electron chi connectivity index (χ2n) is 6.48. The molecule has 3 rings (SSSR count). The van der Waals surface area contributed by atoms with E-state index in [1.54, 1.807) is 18.2 Å². The van der Waals surface area contributed by atoms with Crippen LogP contribution in [0.1, 0.15) is 21.9 Å². The number of thiophene rings is 1. The fourth-order valence-corrected chi connectivity index (χ4v) is 4.00. The van der Waals surface area contributed by atoms with Crippen molar-refractivity contribution < 1.29 is 4.79 Å². The molecule has 1 aliphatic heterocycles. The Hall–Kier alpha value is -3.19. The Balaban J connectivity index is 1.87. The lowest BCUT2D eigenvalue weighted by Crippen LogP contribution is -2.42. The fraction of sp³-hybridized carbons (Fsp3) is 0.190. The van der Waals surface area contributed by atoms with Gasteiger partial charge in [0.1, 0.15) is 5.71 Å². The van der Waals surface area contributed by atoms with Crippen molar-refractivity contribution in [2.45, 2.75) is 12.5 Å². The van der Waals surface area contributed by atoms with Crippen molar-refractivity contribution in [3.05, 3.63) is 75.6 Å². The summed E-state index contributed by atoms with van der Waals surface area (Å²) in [5.41, 5.74) is 15.2. The summed E-state index contributed by atoms with van der Waals surface area (Å²) in [6.07, 6.45) is 4.68. The molecule has 0 fully saturated rings. The van der Waals surface area contributed by atoms with E-state index in [0.29, 0.717) is 18.8 Å². The van der Waals surface area contributed by atoms with Crippen LogP contribution in [0.4, 0.5) is 0 Å². The minimum absolute atomic E-state index is 0.0889. The van der Waals surface area contributed by atoms with Crippen molar-refractivity contribution in [2.24, 2.45) is 16.5 Å². The second-order valence-corrected chi connectivity index (χ2v) is 7.43. The first kappa shape index (κ1) is 19.6. The highest BCUT2D eigenvalue weighted by Gasteiger charge is 2.30. The van der Waals surface area contributed by atoms with Gasteiger partial charge in [0.15, 0.2) is 0 Å². The number of rotatable bonds is 5. The van der Waals surface area contributed by atoms with Crippen molar-refractivity contribution >= 4 is 34.9 Å². The molecule has 1 unspecified atom stereocenters. The van der Waals surface area contributed by atoms with E-state index in [9.17, 15) is 4.79 Å². The van der Waals surface area contributed by atoms with Gasteiger partial charge in [-0.05, 0) is 40.4 Å². The third-order valence-corrected chi connectivity index (χ3v) is 5.61. The maximum absolute atomic E-state index is 12.9. The maximum atomic E-state index is 12.9. The summed E-state index contributed by atoms with van der Waals surface area (Å²) in [5.74, 6) is -0.446. The minimum Gasteiger partial charge on any atom is -0.404 e. The number of fused-ring (bicyclic) bond motifs is 1. The lowest BCUT2D eigenvalue weighted by atomic mass is 9.85. The van der Waals surface area contributed by atoms with Gasteiger partial charge in [0.2, 0.25) is 0 Å². The molecule has 1 aromatic heterocycles. The van der Waals surface area contributed by atoms with E-state index in [1.807, 2.05) is 35.7 Å². The average molecular weight is 394 g/mol. The summed E-state index contributed by atoms with van der Waals surface area (Å²) in [6.45, 7) is 0.877. The predicted molar refractivity (Wildman–Crippen MR) is 115 cm³/mol. The number of nitrogens with zero attached hydrogens (tertiary/aromatic N) is 2. The van der Waals surface area contributed by atoms with E-state index in [4.69, 9.17) is 16.9 Å². The lowest BCUT2D eigenvalue weighted by molar-refractivity contribution is -0.125. The fourth-order valence-electron chi connectivity index (χ4n) is 3.35. The van der Waals surface area contributed by atoms with Crippen LogP contribution in [0.15, 0.2) is 64.6 Å². The maximum Gasteiger partial charge on any atom is 0.272 e. The SMILES string of the molecule is CN=CC(=CN)C1CN(C(=O)C(=N)/C=C(\N)c2cccs2)Cc2ccccc21. The second kappa shape index (κ2) is 8.67. The van der Waals surface area contributed by atoms with Crippen molar-refractivity contribution in [2.75, 3.05) is 13.6 Å². The number of benzene rings is 1. The molecule has 2 heterocycles. The normalized spacial score (nSPS) is 17.6. The van der Waals surface area contributed by atoms with E-state index in [-0.39, 0.29) is 17.5 Å². The van der Waals surface area contributed by atoms with Crippen LogP contribution in [0.2, 0.25) is 0 Å². The highest BCUT2D eigenvalue weighted by atomic mass is 32.1.